The highest BCUT2D eigenvalue weighted by molar-refractivity contribution is 6.25. The van der Waals surface area contributed by atoms with Crippen LogP contribution in [0, 0.1) is 40.9 Å². The first-order valence-electron chi connectivity index (χ1n) is 22.4. The maximum absolute atomic E-state index is 13.2. The quantitative estimate of drug-likeness (QED) is 0.0721. The molecule has 6 aliphatic carbocycles. The number of ether oxygens (including phenoxy) is 2. The molecule has 328 valence electrons. The van der Waals surface area contributed by atoms with E-state index < -0.39 is 28.6 Å². The Morgan fingerprint density at radius 3 is 1.42 bits per heavy atom. The van der Waals surface area contributed by atoms with Crippen molar-refractivity contribution in [3.63, 3.8) is 0 Å². The smallest absolute Gasteiger partial charge is 0.308 e. The molecule has 57 heavy (non-hydrogen) atoms. The van der Waals surface area contributed by atoms with E-state index >= 15 is 0 Å². The molecule has 0 aromatic heterocycles. The second-order valence-electron chi connectivity index (χ2n) is 19.2. The molecule has 4 N–H and O–H groups in total. The summed E-state index contributed by atoms with van der Waals surface area (Å²) in [5.74, 6) is -1.65. The van der Waals surface area contributed by atoms with Crippen molar-refractivity contribution in [2.45, 2.75) is 200 Å². The van der Waals surface area contributed by atoms with Crippen LogP contribution in [0.25, 0.3) is 0 Å². The van der Waals surface area contributed by atoms with Gasteiger partial charge in [0.2, 0.25) is 5.91 Å². The first kappa shape index (κ1) is 46.4. The Morgan fingerprint density at radius 1 is 0.561 bits per heavy atom. The van der Waals surface area contributed by atoms with Gasteiger partial charge < -0.3 is 24.7 Å². The summed E-state index contributed by atoms with van der Waals surface area (Å²) in [4.78, 5) is 35.5. The van der Waals surface area contributed by atoms with Crippen LogP contribution in [0.3, 0.4) is 0 Å². The van der Waals surface area contributed by atoms with Gasteiger partial charge in [0.15, 0.2) is 0 Å². The zero-order chi connectivity index (χ0) is 40.7. The van der Waals surface area contributed by atoms with Gasteiger partial charge in [-0.25, -0.2) is 4.89 Å². The number of hydrogen-bond acceptors (Lipinski definition) is 8. The summed E-state index contributed by atoms with van der Waals surface area (Å²) in [6.45, 7) is 5.65. The zero-order valence-corrected chi connectivity index (χ0v) is 37.2. The van der Waals surface area contributed by atoms with Crippen LogP contribution < -0.4 is 10.8 Å². The molecule has 10 nitrogen and oxygen atoms in total. The Kier molecular flexibility index (Phi) is 17.7. The molecule has 6 fully saturated rings. The maximum Gasteiger partial charge on any atom is 0.308 e. The third-order valence-electron chi connectivity index (χ3n) is 15.4. The van der Waals surface area contributed by atoms with Crippen molar-refractivity contribution in [1.29, 1.82) is 0 Å². The monoisotopic (exact) mass is 882 g/mol. The maximum atomic E-state index is 13.2. The van der Waals surface area contributed by atoms with Crippen molar-refractivity contribution in [1.82, 2.24) is 10.8 Å². The molecule has 0 spiro atoms. The number of nitrogens with one attached hydrogen (secondary N) is 2. The number of alkyl halides is 4. The van der Waals surface area contributed by atoms with Crippen molar-refractivity contribution >= 4 is 58.3 Å². The standard InChI is InChI=1S/C43H70Cl4N2O8/c1-43(2,25-3-11-29(12-4-25)56-31-15-7-27(8-16-31)48-41(50)39-37(46)21-22-38(47)40(39)42(51)52)26-5-13-30(14-6-26)57-32-17-9-28(10-18-32)49-54-23-33-34(24-55-53)36(45)20-19-35(33)44/h25-40,49,53H,3-24H2,1-2H3,(H,48,50)(H,51,52). The Bertz CT molecular complexity index is 1250. The van der Waals surface area contributed by atoms with Crippen molar-refractivity contribution in [3.8, 4) is 0 Å². The van der Waals surface area contributed by atoms with Gasteiger partial charge >= 0.3 is 5.97 Å². The normalized spacial score (nSPS) is 42.3. The number of aliphatic carboxylic acids is 1. The molecule has 8 atom stereocenters. The fourth-order valence-corrected chi connectivity index (χ4v) is 13.1. The lowest BCUT2D eigenvalue weighted by Crippen LogP contribution is -2.51. The highest BCUT2D eigenvalue weighted by atomic mass is 35.5. The first-order chi connectivity index (χ1) is 27.3. The highest BCUT2D eigenvalue weighted by Gasteiger charge is 2.47. The largest absolute Gasteiger partial charge is 0.481 e. The van der Waals surface area contributed by atoms with Crippen LogP contribution in [0.5, 0.6) is 0 Å². The molecule has 0 saturated heterocycles. The average molecular weight is 885 g/mol. The second kappa shape index (κ2) is 21.8. The lowest BCUT2D eigenvalue weighted by atomic mass is 9.60. The molecular weight excluding hydrogens is 814 g/mol. The van der Waals surface area contributed by atoms with Gasteiger partial charge in [0.1, 0.15) is 0 Å². The molecule has 8 unspecified atom stereocenters. The van der Waals surface area contributed by atoms with E-state index in [4.69, 9.17) is 66.0 Å². The molecule has 0 aromatic carbocycles. The number of carbonyl (C=O) groups excluding carboxylic acids is 1. The minimum atomic E-state index is -1.05. The van der Waals surface area contributed by atoms with Gasteiger partial charge in [0.25, 0.3) is 0 Å². The number of hydrogen-bond donors (Lipinski definition) is 4. The molecule has 6 rings (SSSR count). The second-order valence-corrected chi connectivity index (χ2v) is 21.4. The SMILES string of the molecule is CC(C)(C1CCC(OC2CCC(NOCC3C(Cl)CCC(Cl)C3COO)CC2)CC1)C1CCC(OC2CCC(NC(=O)C3C(Cl)CCC(Cl)C3C(=O)O)CC2)CC1. The van der Waals surface area contributed by atoms with Gasteiger partial charge in [-0.1, -0.05) is 13.8 Å². The minimum Gasteiger partial charge on any atom is -0.481 e. The van der Waals surface area contributed by atoms with Crippen LogP contribution in [0.2, 0.25) is 0 Å². The fourth-order valence-electron chi connectivity index (χ4n) is 11.6. The number of amides is 1. The van der Waals surface area contributed by atoms with Gasteiger partial charge in [-0.15, -0.1) is 46.4 Å². The lowest BCUT2D eigenvalue weighted by molar-refractivity contribution is -0.256. The molecule has 6 aliphatic rings. The number of carboxylic acids is 1. The molecule has 0 radical (unpaired) electrons. The van der Waals surface area contributed by atoms with Gasteiger partial charge in [-0.2, -0.15) is 5.48 Å². The van der Waals surface area contributed by atoms with Crippen LogP contribution in [0.1, 0.15) is 142 Å². The van der Waals surface area contributed by atoms with Gasteiger partial charge in [-0.05, 0) is 146 Å². The summed E-state index contributed by atoms with van der Waals surface area (Å²) in [7, 11) is 0. The Hall–Kier alpha value is -0.140. The van der Waals surface area contributed by atoms with Crippen molar-refractivity contribution in [2.75, 3.05) is 13.2 Å². The molecular formula is C43H70Cl4N2O8. The van der Waals surface area contributed by atoms with Crippen LogP contribution in [-0.4, -0.2) is 93.5 Å². The van der Waals surface area contributed by atoms with Gasteiger partial charge in [0, 0.05) is 45.4 Å². The summed E-state index contributed by atoms with van der Waals surface area (Å²) in [5, 5.41) is 20.7. The lowest BCUT2D eigenvalue weighted by Gasteiger charge is -2.47. The minimum absolute atomic E-state index is 0.0160. The average Bonchev–Trinajstić information content (AvgIpc) is 3.19. The van der Waals surface area contributed by atoms with E-state index in [1.165, 1.54) is 25.7 Å². The number of carboxylic acid groups (broad SMARTS) is 1. The Balaban J connectivity index is 0.834. The predicted molar refractivity (Wildman–Crippen MR) is 224 cm³/mol. The number of halogens is 4. The number of rotatable bonds is 15. The Labute approximate surface area is 361 Å². The van der Waals surface area contributed by atoms with E-state index in [9.17, 15) is 14.7 Å². The first-order valence-corrected chi connectivity index (χ1v) is 24.1. The molecule has 14 heteroatoms. The summed E-state index contributed by atoms with van der Waals surface area (Å²) >= 11 is 25.9. The summed E-state index contributed by atoms with van der Waals surface area (Å²) < 4.78 is 13.4. The van der Waals surface area contributed by atoms with E-state index in [0.29, 0.717) is 55.1 Å². The van der Waals surface area contributed by atoms with Crippen molar-refractivity contribution in [2.24, 2.45) is 40.9 Å². The predicted octanol–water partition coefficient (Wildman–Crippen LogP) is 9.48. The molecule has 0 aliphatic heterocycles. The highest BCUT2D eigenvalue weighted by Crippen LogP contribution is 2.49. The summed E-state index contributed by atoms with van der Waals surface area (Å²) in [6, 6.07) is 0.318. The summed E-state index contributed by atoms with van der Waals surface area (Å²) in [5.41, 5.74) is 3.59. The van der Waals surface area contributed by atoms with Crippen LogP contribution >= 0.6 is 46.4 Å². The van der Waals surface area contributed by atoms with E-state index in [0.717, 1.165) is 95.8 Å². The molecule has 0 aromatic rings. The molecule has 0 heterocycles. The third kappa shape index (κ3) is 12.3. The van der Waals surface area contributed by atoms with Crippen LogP contribution in [0.4, 0.5) is 0 Å². The van der Waals surface area contributed by atoms with Gasteiger partial charge in [0.05, 0.1) is 49.5 Å². The Morgan fingerprint density at radius 2 is 0.965 bits per heavy atom. The zero-order valence-electron chi connectivity index (χ0n) is 34.1. The van der Waals surface area contributed by atoms with E-state index in [1.807, 2.05) is 0 Å². The van der Waals surface area contributed by atoms with E-state index in [2.05, 4.69) is 29.5 Å². The third-order valence-corrected chi connectivity index (χ3v) is 17.4. The molecule has 6 saturated carbocycles. The van der Waals surface area contributed by atoms with Crippen molar-refractivity contribution < 1.29 is 39.2 Å². The van der Waals surface area contributed by atoms with Crippen LogP contribution in [0.15, 0.2) is 0 Å². The fraction of sp³-hybridized carbons (Fsp3) is 0.953. The van der Waals surface area contributed by atoms with Crippen LogP contribution in [-0.2, 0) is 28.8 Å². The molecule has 1 amide bonds. The summed E-state index contributed by atoms with van der Waals surface area (Å²) in [6.07, 6.45) is 21.0. The van der Waals surface area contributed by atoms with E-state index in [1.54, 1.807) is 0 Å². The number of hydroxylamine groups is 1. The van der Waals surface area contributed by atoms with Crippen molar-refractivity contribution in [3.05, 3.63) is 0 Å². The number of carbonyl (C=O) groups is 2. The molecule has 0 bridgehead atoms. The topological polar surface area (TPSA) is 136 Å². The van der Waals surface area contributed by atoms with E-state index in [-0.39, 0.29) is 47.2 Å². The van der Waals surface area contributed by atoms with Gasteiger partial charge in [-0.3, -0.25) is 14.8 Å².